The number of unbranched alkanes of at least 4 members (excludes halogenated alkanes) is 7. The van der Waals surface area contributed by atoms with E-state index in [0.29, 0.717) is 12.0 Å². The zero-order valence-corrected chi connectivity index (χ0v) is 15.3. The lowest BCUT2D eigenvalue weighted by molar-refractivity contribution is 0.0691. The number of hydrogen-bond acceptors (Lipinski definition) is 4. The van der Waals surface area contributed by atoms with Crippen LogP contribution in [0.4, 0.5) is 0 Å². The molecule has 0 amide bonds. The lowest BCUT2D eigenvalue weighted by Gasteiger charge is -2.09. The van der Waals surface area contributed by atoms with Gasteiger partial charge in [0.25, 0.3) is 0 Å². The molecular formula is C20H32O5. The molecule has 5 heteroatoms. The third-order valence-electron chi connectivity index (χ3n) is 4.33. The molecule has 5 nitrogen and oxygen atoms in total. The van der Waals surface area contributed by atoms with Gasteiger partial charge in [0.05, 0.1) is 0 Å². The van der Waals surface area contributed by atoms with Crippen molar-refractivity contribution >= 4 is 5.97 Å². The van der Waals surface area contributed by atoms with E-state index in [1.165, 1.54) is 31.7 Å². The van der Waals surface area contributed by atoms with Crippen LogP contribution in [0.15, 0.2) is 12.1 Å². The van der Waals surface area contributed by atoms with Crippen LogP contribution < -0.4 is 0 Å². The summed E-state index contributed by atoms with van der Waals surface area (Å²) in [5, 5.41) is 28.3. The van der Waals surface area contributed by atoms with Crippen molar-refractivity contribution < 1.29 is 24.9 Å². The highest BCUT2D eigenvalue weighted by Gasteiger charge is 2.18. The zero-order valence-electron chi connectivity index (χ0n) is 15.3. The number of carbonyl (C=O) groups is 1. The van der Waals surface area contributed by atoms with E-state index in [4.69, 9.17) is 4.74 Å². The molecule has 0 aliphatic rings. The summed E-state index contributed by atoms with van der Waals surface area (Å²) >= 11 is 0. The molecule has 0 saturated carbocycles. The Hall–Kier alpha value is -1.75. The van der Waals surface area contributed by atoms with Gasteiger partial charge >= 0.3 is 5.97 Å². The summed E-state index contributed by atoms with van der Waals surface area (Å²) < 4.78 is 5.53. The fourth-order valence-electron chi connectivity index (χ4n) is 2.82. The highest BCUT2D eigenvalue weighted by atomic mass is 16.5. The average molecular weight is 352 g/mol. The second-order valence-electron chi connectivity index (χ2n) is 6.46. The number of hydrogen-bond donors (Lipinski definition) is 3. The SMILES string of the molecule is CCCCOCCCCCCCCCc1ccc(O)c(O)c1C(=O)O. The number of benzene rings is 1. The Balaban J connectivity index is 2.13. The summed E-state index contributed by atoms with van der Waals surface area (Å²) in [5.74, 6) is -2.13. The van der Waals surface area contributed by atoms with E-state index in [2.05, 4.69) is 6.92 Å². The van der Waals surface area contributed by atoms with Crippen molar-refractivity contribution in [1.82, 2.24) is 0 Å². The van der Waals surface area contributed by atoms with E-state index in [9.17, 15) is 20.1 Å². The number of carboxylic acid groups (broad SMARTS) is 1. The Labute approximate surface area is 150 Å². The molecule has 1 rings (SSSR count). The molecule has 1 aromatic rings. The van der Waals surface area contributed by atoms with Crippen LogP contribution in [-0.4, -0.2) is 34.5 Å². The fraction of sp³-hybridized carbons (Fsp3) is 0.650. The first-order valence-corrected chi connectivity index (χ1v) is 9.42. The van der Waals surface area contributed by atoms with E-state index in [1.807, 2.05) is 0 Å². The second kappa shape index (κ2) is 12.6. The monoisotopic (exact) mass is 352 g/mol. The smallest absolute Gasteiger partial charge is 0.339 e. The summed E-state index contributed by atoms with van der Waals surface area (Å²) in [6, 6.07) is 2.93. The highest BCUT2D eigenvalue weighted by molar-refractivity contribution is 5.93. The average Bonchev–Trinajstić information content (AvgIpc) is 2.58. The molecule has 25 heavy (non-hydrogen) atoms. The predicted molar refractivity (Wildman–Crippen MR) is 98.5 cm³/mol. The Morgan fingerprint density at radius 3 is 2.16 bits per heavy atom. The third kappa shape index (κ3) is 8.25. The first kappa shape index (κ1) is 21.3. The minimum Gasteiger partial charge on any atom is -0.504 e. The standard InChI is InChI=1S/C20H32O5/c1-2-3-14-25-15-10-8-6-4-5-7-9-11-16-12-13-17(21)19(22)18(16)20(23)24/h12-13,21-22H,2-11,14-15H2,1H3,(H,23,24). The molecule has 0 atom stereocenters. The van der Waals surface area contributed by atoms with Gasteiger partial charge in [0.15, 0.2) is 11.5 Å². The van der Waals surface area contributed by atoms with Gasteiger partial charge in [0, 0.05) is 13.2 Å². The van der Waals surface area contributed by atoms with Gasteiger partial charge < -0.3 is 20.1 Å². The van der Waals surface area contributed by atoms with Gasteiger partial charge in [0.2, 0.25) is 0 Å². The van der Waals surface area contributed by atoms with E-state index < -0.39 is 11.7 Å². The Bertz CT molecular complexity index is 513. The zero-order chi connectivity index (χ0) is 18.5. The maximum Gasteiger partial charge on any atom is 0.339 e. The maximum atomic E-state index is 11.2. The predicted octanol–water partition coefficient (Wildman–Crippen LogP) is 4.89. The number of carboxylic acids is 1. The largest absolute Gasteiger partial charge is 0.504 e. The third-order valence-corrected chi connectivity index (χ3v) is 4.33. The fourth-order valence-corrected chi connectivity index (χ4v) is 2.82. The van der Waals surface area contributed by atoms with E-state index >= 15 is 0 Å². The number of aromatic hydroxyl groups is 2. The van der Waals surface area contributed by atoms with Crippen molar-refractivity contribution in [3.63, 3.8) is 0 Å². The molecule has 0 bridgehead atoms. The number of aromatic carboxylic acids is 1. The van der Waals surface area contributed by atoms with Gasteiger partial charge in [-0.1, -0.05) is 51.5 Å². The number of phenolic OH excluding ortho intramolecular Hbond substituents is 1. The van der Waals surface area contributed by atoms with Crippen molar-refractivity contribution in [2.45, 2.75) is 71.1 Å². The summed E-state index contributed by atoms with van der Waals surface area (Å²) in [7, 11) is 0. The molecule has 3 N–H and O–H groups in total. The van der Waals surface area contributed by atoms with Crippen molar-refractivity contribution in [1.29, 1.82) is 0 Å². The number of phenols is 2. The van der Waals surface area contributed by atoms with Gasteiger partial charge in [-0.2, -0.15) is 0 Å². The van der Waals surface area contributed by atoms with Crippen molar-refractivity contribution in [2.24, 2.45) is 0 Å². The molecule has 0 spiro atoms. The number of ether oxygens (including phenoxy) is 1. The molecule has 0 heterocycles. The minimum atomic E-state index is -1.20. The lowest BCUT2D eigenvalue weighted by atomic mass is 9.99. The molecule has 0 aliphatic heterocycles. The summed E-state index contributed by atoms with van der Waals surface area (Å²) in [4.78, 5) is 11.2. The molecule has 142 valence electrons. The lowest BCUT2D eigenvalue weighted by Crippen LogP contribution is -2.03. The second-order valence-corrected chi connectivity index (χ2v) is 6.46. The van der Waals surface area contributed by atoms with Gasteiger partial charge in [-0.3, -0.25) is 0 Å². The van der Waals surface area contributed by atoms with Crippen molar-refractivity contribution in [3.05, 3.63) is 23.3 Å². The molecular weight excluding hydrogens is 320 g/mol. The van der Waals surface area contributed by atoms with Crippen LogP contribution in [0.3, 0.4) is 0 Å². The molecule has 0 saturated heterocycles. The summed E-state index contributed by atoms with van der Waals surface area (Å²) in [5.41, 5.74) is 0.398. The molecule has 0 aromatic heterocycles. The van der Waals surface area contributed by atoms with Crippen molar-refractivity contribution in [3.8, 4) is 11.5 Å². The van der Waals surface area contributed by atoms with Crippen LogP contribution >= 0.6 is 0 Å². The van der Waals surface area contributed by atoms with Crippen LogP contribution in [0.2, 0.25) is 0 Å². The van der Waals surface area contributed by atoms with E-state index in [1.54, 1.807) is 6.07 Å². The first-order valence-electron chi connectivity index (χ1n) is 9.42. The van der Waals surface area contributed by atoms with Crippen LogP contribution in [0.25, 0.3) is 0 Å². The maximum absolute atomic E-state index is 11.2. The molecule has 0 unspecified atom stereocenters. The Kier molecular flexibility index (Phi) is 10.7. The molecule has 0 radical (unpaired) electrons. The Morgan fingerprint density at radius 1 is 0.920 bits per heavy atom. The minimum absolute atomic E-state index is 0.178. The van der Waals surface area contributed by atoms with Gasteiger partial charge in [-0.15, -0.1) is 0 Å². The van der Waals surface area contributed by atoms with E-state index in [0.717, 1.165) is 45.3 Å². The van der Waals surface area contributed by atoms with Crippen molar-refractivity contribution in [2.75, 3.05) is 13.2 Å². The molecule has 0 aliphatic carbocycles. The van der Waals surface area contributed by atoms with Gasteiger partial charge in [0.1, 0.15) is 5.56 Å². The molecule has 0 fully saturated rings. The van der Waals surface area contributed by atoms with Crippen LogP contribution in [0.1, 0.15) is 80.6 Å². The highest BCUT2D eigenvalue weighted by Crippen LogP contribution is 2.32. The molecule has 1 aromatic carbocycles. The van der Waals surface area contributed by atoms with Crippen LogP contribution in [0.5, 0.6) is 11.5 Å². The summed E-state index contributed by atoms with van der Waals surface area (Å²) in [6.45, 7) is 3.90. The van der Waals surface area contributed by atoms with Crippen LogP contribution in [-0.2, 0) is 11.2 Å². The topological polar surface area (TPSA) is 87.0 Å². The normalized spacial score (nSPS) is 10.9. The van der Waals surface area contributed by atoms with E-state index in [-0.39, 0.29) is 11.3 Å². The number of aryl methyl sites for hydroxylation is 1. The quantitative estimate of drug-likeness (QED) is 0.328. The van der Waals surface area contributed by atoms with Gasteiger partial charge in [-0.05, 0) is 37.3 Å². The first-order chi connectivity index (χ1) is 12.1. The van der Waals surface area contributed by atoms with Crippen LogP contribution in [0, 0.1) is 0 Å². The van der Waals surface area contributed by atoms with Gasteiger partial charge in [-0.25, -0.2) is 4.79 Å². The summed E-state index contributed by atoms with van der Waals surface area (Å²) in [6.07, 6.45) is 10.7. The number of rotatable bonds is 14. The Morgan fingerprint density at radius 2 is 1.52 bits per heavy atom.